The Bertz CT molecular complexity index is 1660. The Morgan fingerprint density at radius 1 is 0.825 bits per heavy atom. The molecular formula is C26H18F7N3O3S. The van der Waals surface area contributed by atoms with E-state index in [-0.39, 0.29) is 6.42 Å². The zero-order valence-corrected chi connectivity index (χ0v) is 21.0. The first-order valence-corrected chi connectivity index (χ1v) is 13.1. The zero-order valence-electron chi connectivity index (χ0n) is 20.2. The number of aromatic nitrogens is 2. The SMILES string of the molecule is O=S(=O)(c1c(F)c(F)c(F)c(F)c1C(F)(F)F)N1CC[C@@H](n2ccc(-c3ccc(Oc4ccccc4)cc3)n2)C1. The second-order valence-corrected chi connectivity index (χ2v) is 10.8. The van der Waals surface area contributed by atoms with Gasteiger partial charge in [0.05, 0.1) is 11.7 Å². The van der Waals surface area contributed by atoms with Crippen LogP contribution in [0.2, 0.25) is 0 Å². The van der Waals surface area contributed by atoms with Crippen LogP contribution in [0, 0.1) is 23.3 Å². The van der Waals surface area contributed by atoms with Crippen LogP contribution in [-0.2, 0) is 16.2 Å². The quantitative estimate of drug-likeness (QED) is 0.146. The lowest BCUT2D eigenvalue weighted by Crippen LogP contribution is -2.33. The number of sulfonamides is 1. The summed E-state index contributed by atoms with van der Waals surface area (Å²) < 4.78 is 130. The first-order valence-electron chi connectivity index (χ1n) is 11.7. The molecule has 1 aliphatic heterocycles. The van der Waals surface area contributed by atoms with E-state index >= 15 is 0 Å². The maximum atomic E-state index is 14.4. The Balaban J connectivity index is 1.36. The van der Waals surface area contributed by atoms with E-state index in [1.165, 1.54) is 10.9 Å². The van der Waals surface area contributed by atoms with Crippen molar-refractivity contribution >= 4 is 10.0 Å². The highest BCUT2D eigenvalue weighted by molar-refractivity contribution is 7.89. The number of para-hydroxylation sites is 1. The van der Waals surface area contributed by atoms with E-state index in [1.807, 2.05) is 18.2 Å². The average Bonchev–Trinajstić information content (AvgIpc) is 3.60. The van der Waals surface area contributed by atoms with Gasteiger partial charge in [0.1, 0.15) is 22.0 Å². The second kappa shape index (κ2) is 10.2. The zero-order chi connectivity index (χ0) is 28.8. The van der Waals surface area contributed by atoms with Crippen LogP contribution >= 0.6 is 0 Å². The Morgan fingerprint density at radius 2 is 1.45 bits per heavy atom. The standard InChI is InChI=1S/C26H18F7N3O3S/c27-21-20(26(31,32)33)25(24(30)23(29)22(21)28)40(37,38)35-12-10-16(14-35)36-13-11-19(34-36)15-6-8-18(9-7-15)39-17-4-2-1-3-5-17/h1-9,11,13,16H,10,12,14H2/t16-/m1/s1. The molecule has 6 nitrogen and oxygen atoms in total. The van der Waals surface area contributed by atoms with Gasteiger partial charge in [-0.15, -0.1) is 0 Å². The van der Waals surface area contributed by atoms with Gasteiger partial charge in [0.15, 0.2) is 23.3 Å². The van der Waals surface area contributed by atoms with E-state index in [2.05, 4.69) is 5.10 Å². The van der Waals surface area contributed by atoms with Crippen molar-refractivity contribution < 1.29 is 43.9 Å². The summed E-state index contributed by atoms with van der Waals surface area (Å²) in [7, 11) is -5.43. The van der Waals surface area contributed by atoms with Gasteiger partial charge in [0.25, 0.3) is 0 Å². The summed E-state index contributed by atoms with van der Waals surface area (Å²) in [5.41, 5.74) is -1.54. The molecule has 2 heterocycles. The van der Waals surface area contributed by atoms with E-state index in [0.29, 0.717) is 27.1 Å². The number of benzene rings is 3. The molecule has 210 valence electrons. The second-order valence-electron chi connectivity index (χ2n) is 8.88. The lowest BCUT2D eigenvalue weighted by molar-refractivity contribution is -0.143. The van der Waals surface area contributed by atoms with E-state index in [4.69, 9.17) is 4.74 Å². The molecule has 4 aromatic rings. The number of hydrogen-bond acceptors (Lipinski definition) is 4. The predicted octanol–water partition coefficient (Wildman–Crippen LogP) is 6.55. The Hall–Kier alpha value is -3.91. The fraction of sp³-hybridized carbons (Fsp3) is 0.192. The molecule has 0 saturated carbocycles. The lowest BCUT2D eigenvalue weighted by Gasteiger charge is -2.21. The topological polar surface area (TPSA) is 64.4 Å². The molecule has 0 aliphatic carbocycles. The van der Waals surface area contributed by atoms with Gasteiger partial charge < -0.3 is 4.74 Å². The van der Waals surface area contributed by atoms with Gasteiger partial charge in [0.2, 0.25) is 10.0 Å². The Labute approximate surface area is 223 Å². The summed E-state index contributed by atoms with van der Waals surface area (Å²) in [6.45, 7) is -0.865. The van der Waals surface area contributed by atoms with Crippen molar-refractivity contribution in [1.29, 1.82) is 0 Å². The summed E-state index contributed by atoms with van der Waals surface area (Å²) in [6.07, 6.45) is -4.23. The third-order valence-corrected chi connectivity index (χ3v) is 8.25. The van der Waals surface area contributed by atoms with Crippen molar-refractivity contribution in [3.05, 3.63) is 95.7 Å². The van der Waals surface area contributed by atoms with Gasteiger partial charge in [-0.2, -0.15) is 22.6 Å². The third kappa shape index (κ3) is 5.04. The van der Waals surface area contributed by atoms with E-state index in [9.17, 15) is 39.2 Å². The number of alkyl halides is 3. The third-order valence-electron chi connectivity index (χ3n) is 6.34. The molecule has 1 aliphatic rings. The summed E-state index contributed by atoms with van der Waals surface area (Å²) >= 11 is 0. The molecule has 0 unspecified atom stereocenters. The number of ether oxygens (including phenoxy) is 1. The van der Waals surface area contributed by atoms with Crippen LogP contribution in [0.15, 0.2) is 71.8 Å². The van der Waals surface area contributed by atoms with Crippen molar-refractivity contribution in [3.63, 3.8) is 0 Å². The van der Waals surface area contributed by atoms with Crippen molar-refractivity contribution in [2.45, 2.75) is 23.5 Å². The van der Waals surface area contributed by atoms with Gasteiger partial charge in [-0.25, -0.2) is 26.0 Å². The summed E-state index contributed by atoms with van der Waals surface area (Å²) in [5.74, 6) is -9.67. The molecule has 0 N–H and O–H groups in total. The summed E-state index contributed by atoms with van der Waals surface area (Å²) in [5, 5.41) is 4.41. The van der Waals surface area contributed by atoms with Gasteiger partial charge in [-0.1, -0.05) is 18.2 Å². The molecular weight excluding hydrogens is 567 g/mol. The molecule has 0 amide bonds. The van der Waals surface area contributed by atoms with Crippen LogP contribution in [0.3, 0.4) is 0 Å². The monoisotopic (exact) mass is 585 g/mol. The van der Waals surface area contributed by atoms with Crippen LogP contribution in [-0.4, -0.2) is 35.6 Å². The Kier molecular flexibility index (Phi) is 7.08. The minimum atomic E-state index is -5.82. The van der Waals surface area contributed by atoms with E-state index in [1.54, 1.807) is 42.5 Å². The largest absolute Gasteiger partial charge is 0.457 e. The van der Waals surface area contributed by atoms with Crippen LogP contribution in [0.4, 0.5) is 30.7 Å². The van der Waals surface area contributed by atoms with Crippen molar-refractivity contribution in [2.75, 3.05) is 13.1 Å². The predicted molar refractivity (Wildman–Crippen MR) is 128 cm³/mol. The minimum Gasteiger partial charge on any atom is -0.457 e. The summed E-state index contributed by atoms with van der Waals surface area (Å²) in [6, 6.07) is 17.0. The van der Waals surface area contributed by atoms with Crippen LogP contribution < -0.4 is 4.74 Å². The number of nitrogens with zero attached hydrogens (tertiary/aromatic N) is 3. The molecule has 5 rings (SSSR count). The van der Waals surface area contributed by atoms with Gasteiger partial charge in [-0.3, -0.25) is 4.68 Å². The lowest BCUT2D eigenvalue weighted by atomic mass is 10.1. The normalized spacial score (nSPS) is 16.4. The molecule has 40 heavy (non-hydrogen) atoms. The first kappa shape index (κ1) is 27.6. The van der Waals surface area contributed by atoms with Crippen LogP contribution in [0.1, 0.15) is 18.0 Å². The van der Waals surface area contributed by atoms with E-state index in [0.717, 1.165) is 0 Å². The fourth-order valence-electron chi connectivity index (χ4n) is 4.39. The molecule has 1 saturated heterocycles. The maximum absolute atomic E-state index is 14.4. The van der Waals surface area contributed by atoms with Crippen molar-refractivity contribution in [3.8, 4) is 22.8 Å². The van der Waals surface area contributed by atoms with Gasteiger partial charge in [-0.05, 0) is 48.9 Å². The fourth-order valence-corrected chi connectivity index (χ4v) is 6.15. The highest BCUT2D eigenvalue weighted by atomic mass is 32.2. The highest BCUT2D eigenvalue weighted by Crippen LogP contribution is 2.41. The minimum absolute atomic E-state index is 0.0549. The molecule has 1 aromatic heterocycles. The molecule has 14 heteroatoms. The summed E-state index contributed by atoms with van der Waals surface area (Å²) in [4.78, 5) is -2.30. The van der Waals surface area contributed by atoms with Gasteiger partial charge in [0, 0.05) is 24.8 Å². The van der Waals surface area contributed by atoms with Crippen LogP contribution in [0.5, 0.6) is 11.5 Å². The van der Waals surface area contributed by atoms with Crippen molar-refractivity contribution in [1.82, 2.24) is 14.1 Å². The smallest absolute Gasteiger partial charge is 0.420 e. The highest BCUT2D eigenvalue weighted by Gasteiger charge is 2.48. The molecule has 0 bridgehead atoms. The first-order chi connectivity index (χ1) is 18.9. The molecule has 0 spiro atoms. The molecule has 0 radical (unpaired) electrons. The van der Waals surface area contributed by atoms with Crippen molar-refractivity contribution in [2.24, 2.45) is 0 Å². The number of halogens is 7. The number of rotatable bonds is 6. The van der Waals surface area contributed by atoms with E-state index < -0.39 is 69.1 Å². The number of hydrogen-bond donors (Lipinski definition) is 0. The molecule has 3 aromatic carbocycles. The Morgan fingerprint density at radius 3 is 2.10 bits per heavy atom. The van der Waals surface area contributed by atoms with Gasteiger partial charge >= 0.3 is 6.18 Å². The average molecular weight is 586 g/mol. The molecule has 1 fully saturated rings. The maximum Gasteiger partial charge on any atom is 0.420 e. The molecule has 1 atom stereocenters. The van der Waals surface area contributed by atoms with Crippen LogP contribution in [0.25, 0.3) is 11.3 Å².